The number of imidazole rings is 1. The minimum absolute atomic E-state index is 0.280. The zero-order chi connectivity index (χ0) is 18.7. The van der Waals surface area contributed by atoms with Crippen molar-refractivity contribution >= 4 is 29.0 Å². The largest absolute Gasteiger partial charge is 0.417 e. The highest BCUT2D eigenvalue weighted by molar-refractivity contribution is 6.30. The maximum Gasteiger partial charge on any atom is 0.417 e. The van der Waals surface area contributed by atoms with Crippen molar-refractivity contribution in [1.29, 1.82) is 0 Å². The molecule has 0 aliphatic rings. The van der Waals surface area contributed by atoms with E-state index in [0.717, 1.165) is 12.3 Å². The number of benzene rings is 1. The molecule has 0 atom stereocenters. The van der Waals surface area contributed by atoms with Gasteiger partial charge in [-0.15, -0.1) is 0 Å². The summed E-state index contributed by atoms with van der Waals surface area (Å²) < 4.78 is 39.5. The number of rotatable bonds is 4. The smallest absolute Gasteiger partial charge is 0.337 e. The van der Waals surface area contributed by atoms with Gasteiger partial charge in [-0.1, -0.05) is 17.7 Å². The minimum Gasteiger partial charge on any atom is -0.337 e. The molecule has 0 bridgehead atoms. The predicted molar refractivity (Wildman–Crippen MR) is 92.4 cm³/mol. The summed E-state index contributed by atoms with van der Waals surface area (Å²) in [7, 11) is 0. The lowest BCUT2D eigenvalue weighted by molar-refractivity contribution is -0.137. The van der Waals surface area contributed by atoms with Crippen LogP contribution in [0.3, 0.4) is 0 Å². The number of urea groups is 1. The van der Waals surface area contributed by atoms with Gasteiger partial charge in [0, 0.05) is 36.1 Å². The number of amides is 2. The minimum atomic E-state index is -4.40. The van der Waals surface area contributed by atoms with Crippen molar-refractivity contribution in [3.63, 3.8) is 0 Å². The molecule has 3 aromatic rings. The average molecular weight is 383 g/mol. The zero-order valence-electron chi connectivity index (χ0n) is 13.3. The summed E-state index contributed by atoms with van der Waals surface area (Å²) in [4.78, 5) is 16.1. The second-order valence-corrected chi connectivity index (χ2v) is 5.99. The van der Waals surface area contributed by atoms with Crippen LogP contribution in [0.2, 0.25) is 5.02 Å². The third-order valence-electron chi connectivity index (χ3n) is 3.58. The van der Waals surface area contributed by atoms with E-state index in [4.69, 9.17) is 11.6 Å². The van der Waals surface area contributed by atoms with Crippen LogP contribution in [0.25, 0.3) is 5.65 Å². The van der Waals surface area contributed by atoms with E-state index in [-0.39, 0.29) is 6.54 Å². The van der Waals surface area contributed by atoms with Crippen molar-refractivity contribution in [3.05, 3.63) is 65.1 Å². The second-order valence-electron chi connectivity index (χ2n) is 5.55. The lowest BCUT2D eigenvalue weighted by atomic mass is 10.3. The molecule has 0 unspecified atom stereocenters. The number of aromatic nitrogens is 2. The maximum absolute atomic E-state index is 12.7. The molecule has 136 valence electrons. The van der Waals surface area contributed by atoms with Crippen LogP contribution >= 0.6 is 11.6 Å². The van der Waals surface area contributed by atoms with Crippen LogP contribution in [0.1, 0.15) is 11.3 Å². The number of nitrogens with one attached hydrogen (secondary N) is 2. The van der Waals surface area contributed by atoms with Crippen LogP contribution < -0.4 is 10.6 Å². The van der Waals surface area contributed by atoms with Crippen LogP contribution in [0.15, 0.2) is 48.8 Å². The van der Waals surface area contributed by atoms with E-state index < -0.39 is 17.8 Å². The summed E-state index contributed by atoms with van der Waals surface area (Å²) in [5.41, 5.74) is 0.805. The fourth-order valence-electron chi connectivity index (χ4n) is 2.38. The van der Waals surface area contributed by atoms with Gasteiger partial charge in [-0.3, -0.25) is 0 Å². The van der Waals surface area contributed by atoms with Crippen LogP contribution in [-0.4, -0.2) is 22.0 Å². The lowest BCUT2D eigenvalue weighted by Gasteiger charge is -2.07. The number of pyridine rings is 1. The number of hydrogen-bond acceptors (Lipinski definition) is 2. The first-order valence-electron chi connectivity index (χ1n) is 7.66. The highest BCUT2D eigenvalue weighted by atomic mass is 35.5. The van der Waals surface area contributed by atoms with E-state index in [1.165, 1.54) is 16.7 Å². The fourth-order valence-corrected chi connectivity index (χ4v) is 2.57. The molecule has 1 aromatic carbocycles. The van der Waals surface area contributed by atoms with Crippen molar-refractivity contribution in [2.45, 2.75) is 12.6 Å². The number of carbonyl (C=O) groups excluding carboxylic acids is 1. The monoisotopic (exact) mass is 382 g/mol. The van der Waals surface area contributed by atoms with Crippen molar-refractivity contribution in [3.8, 4) is 0 Å². The summed E-state index contributed by atoms with van der Waals surface area (Å²) in [6, 6.07) is 8.61. The van der Waals surface area contributed by atoms with Gasteiger partial charge < -0.3 is 15.0 Å². The third kappa shape index (κ3) is 4.45. The SMILES string of the molecule is O=C(NCCc1cn2cc(C(F)(F)F)ccc2n1)Nc1cccc(Cl)c1. The van der Waals surface area contributed by atoms with Crippen molar-refractivity contribution in [2.24, 2.45) is 0 Å². The van der Waals surface area contributed by atoms with E-state index in [0.29, 0.717) is 28.5 Å². The Morgan fingerprint density at radius 2 is 2.00 bits per heavy atom. The van der Waals surface area contributed by atoms with Gasteiger partial charge in [-0.25, -0.2) is 9.78 Å². The highest BCUT2D eigenvalue weighted by Crippen LogP contribution is 2.29. The van der Waals surface area contributed by atoms with Crippen molar-refractivity contribution < 1.29 is 18.0 Å². The molecule has 3 rings (SSSR count). The topological polar surface area (TPSA) is 58.4 Å². The number of fused-ring (bicyclic) bond motifs is 1. The molecule has 2 N–H and O–H groups in total. The van der Waals surface area contributed by atoms with Gasteiger partial charge in [0.1, 0.15) is 5.65 Å². The Kier molecular flexibility index (Phi) is 5.03. The fraction of sp³-hybridized carbons (Fsp3) is 0.176. The van der Waals surface area contributed by atoms with E-state index in [1.54, 1.807) is 24.3 Å². The number of anilines is 1. The van der Waals surface area contributed by atoms with Crippen LogP contribution in [-0.2, 0) is 12.6 Å². The Morgan fingerprint density at radius 3 is 2.73 bits per heavy atom. The summed E-state index contributed by atoms with van der Waals surface area (Å²) in [6.07, 6.45) is -1.52. The summed E-state index contributed by atoms with van der Waals surface area (Å²) in [5.74, 6) is 0. The molecule has 0 aliphatic carbocycles. The number of nitrogens with zero attached hydrogens (tertiary/aromatic N) is 2. The quantitative estimate of drug-likeness (QED) is 0.704. The normalized spacial score (nSPS) is 11.5. The molecule has 2 aromatic heterocycles. The first kappa shape index (κ1) is 18.1. The van der Waals surface area contributed by atoms with Crippen LogP contribution in [0.5, 0.6) is 0 Å². The molecule has 5 nitrogen and oxygen atoms in total. The molecule has 26 heavy (non-hydrogen) atoms. The predicted octanol–water partition coefficient (Wildman–Crippen LogP) is 4.37. The molecule has 2 heterocycles. The molecule has 0 saturated carbocycles. The molecular weight excluding hydrogens is 369 g/mol. The van der Waals surface area contributed by atoms with Gasteiger partial charge in [-0.05, 0) is 30.3 Å². The Balaban J connectivity index is 1.57. The molecule has 0 aliphatic heterocycles. The van der Waals surface area contributed by atoms with Crippen LogP contribution in [0, 0.1) is 0 Å². The van der Waals surface area contributed by atoms with Gasteiger partial charge in [-0.2, -0.15) is 13.2 Å². The molecule has 9 heteroatoms. The van der Waals surface area contributed by atoms with E-state index in [9.17, 15) is 18.0 Å². The molecule has 0 radical (unpaired) electrons. The van der Waals surface area contributed by atoms with E-state index in [2.05, 4.69) is 15.6 Å². The summed E-state index contributed by atoms with van der Waals surface area (Å²) in [6.45, 7) is 0.280. The molecular formula is C17H14ClF3N4O. The van der Waals surface area contributed by atoms with Gasteiger partial charge in [0.25, 0.3) is 0 Å². The Bertz CT molecular complexity index is 939. The zero-order valence-corrected chi connectivity index (χ0v) is 14.1. The van der Waals surface area contributed by atoms with Crippen LogP contribution in [0.4, 0.5) is 23.7 Å². The summed E-state index contributed by atoms with van der Waals surface area (Å²) in [5, 5.41) is 5.80. The lowest BCUT2D eigenvalue weighted by Crippen LogP contribution is -2.30. The maximum atomic E-state index is 12.7. The molecule has 0 fully saturated rings. The number of halogens is 4. The van der Waals surface area contributed by atoms with E-state index >= 15 is 0 Å². The molecule has 0 spiro atoms. The Labute approximate surface area is 151 Å². The molecule has 2 amide bonds. The highest BCUT2D eigenvalue weighted by Gasteiger charge is 2.30. The second kappa shape index (κ2) is 7.25. The first-order valence-corrected chi connectivity index (χ1v) is 8.04. The number of carbonyl (C=O) groups is 1. The standard InChI is InChI=1S/C17H14ClF3N4O/c18-12-2-1-3-13(8-12)24-16(26)22-7-6-14-10-25-9-11(17(19,20)21)4-5-15(25)23-14/h1-5,8-10H,6-7H2,(H2,22,24,26). The summed E-state index contributed by atoms with van der Waals surface area (Å²) >= 11 is 5.84. The Morgan fingerprint density at radius 1 is 1.19 bits per heavy atom. The molecule has 0 saturated heterocycles. The number of hydrogen-bond donors (Lipinski definition) is 2. The average Bonchev–Trinajstić information content (AvgIpc) is 2.95. The Hall–Kier alpha value is -2.74. The van der Waals surface area contributed by atoms with Gasteiger partial charge >= 0.3 is 12.2 Å². The van der Waals surface area contributed by atoms with Crippen molar-refractivity contribution in [1.82, 2.24) is 14.7 Å². The first-order chi connectivity index (χ1) is 12.3. The number of alkyl halides is 3. The third-order valence-corrected chi connectivity index (χ3v) is 3.81. The van der Waals surface area contributed by atoms with Gasteiger partial charge in [0.15, 0.2) is 0 Å². The van der Waals surface area contributed by atoms with Crippen molar-refractivity contribution in [2.75, 3.05) is 11.9 Å². The van der Waals surface area contributed by atoms with Gasteiger partial charge in [0.05, 0.1) is 11.3 Å². The van der Waals surface area contributed by atoms with E-state index in [1.807, 2.05) is 0 Å². The van der Waals surface area contributed by atoms with Gasteiger partial charge in [0.2, 0.25) is 0 Å².